The van der Waals surface area contributed by atoms with Crippen LogP contribution in [0.15, 0.2) is 59.7 Å². The average Bonchev–Trinajstić information content (AvgIpc) is 3.01. The summed E-state index contributed by atoms with van der Waals surface area (Å²) in [6.07, 6.45) is 4.70. The fourth-order valence-corrected chi connectivity index (χ4v) is 4.15. The molecule has 0 unspecified atom stereocenters. The standard InChI is InChI=1S/C23H22N4O.2ClH/c1-15-3-4-17(13-25-15)16-8-10-27(23(28)11-16)18-5-6-19-20-14-24-9-7-21(20)26(2)22(19)12-18;;/h3-6,8,10-13,24H,7,9,14H2,1-2H3;2*1H. The second-order valence-corrected chi connectivity index (χ2v) is 7.42. The molecular weight excluding hydrogens is 419 g/mol. The zero-order chi connectivity index (χ0) is 19.3. The molecule has 3 aromatic heterocycles. The molecule has 4 aromatic rings. The Morgan fingerprint density at radius 3 is 2.60 bits per heavy atom. The van der Waals surface area contributed by atoms with Gasteiger partial charge in [0, 0.05) is 67.4 Å². The van der Waals surface area contributed by atoms with Crippen LogP contribution in [0.1, 0.15) is 17.0 Å². The SMILES string of the molecule is Cc1ccc(-c2ccn(-c3ccc4c5c(n(C)c4c3)CCNC5)c(=O)c2)cn1.Cl.Cl. The van der Waals surface area contributed by atoms with Crippen molar-refractivity contribution in [3.05, 3.63) is 82.2 Å². The first-order valence-corrected chi connectivity index (χ1v) is 9.59. The highest BCUT2D eigenvalue weighted by Gasteiger charge is 2.18. The molecule has 0 spiro atoms. The van der Waals surface area contributed by atoms with Gasteiger partial charge in [-0.15, -0.1) is 24.8 Å². The fraction of sp³-hybridized carbons (Fsp3) is 0.217. The third kappa shape index (κ3) is 3.65. The van der Waals surface area contributed by atoms with Crippen molar-refractivity contribution in [2.75, 3.05) is 6.54 Å². The van der Waals surface area contributed by atoms with Crippen LogP contribution in [0.5, 0.6) is 0 Å². The van der Waals surface area contributed by atoms with Gasteiger partial charge < -0.3 is 9.88 Å². The number of nitrogens with one attached hydrogen (secondary N) is 1. The van der Waals surface area contributed by atoms with Gasteiger partial charge in [-0.2, -0.15) is 0 Å². The van der Waals surface area contributed by atoms with E-state index in [0.717, 1.165) is 42.0 Å². The molecule has 1 aromatic carbocycles. The van der Waals surface area contributed by atoms with Crippen LogP contribution in [0.2, 0.25) is 0 Å². The molecular formula is C23H24Cl2N4O. The van der Waals surface area contributed by atoms with Crippen molar-refractivity contribution in [1.29, 1.82) is 0 Å². The summed E-state index contributed by atoms with van der Waals surface area (Å²) in [5.41, 5.74) is 7.58. The molecule has 5 rings (SSSR count). The third-order valence-corrected chi connectivity index (χ3v) is 5.70. The molecule has 0 saturated heterocycles. The van der Waals surface area contributed by atoms with Crippen LogP contribution in [0.25, 0.3) is 27.7 Å². The summed E-state index contributed by atoms with van der Waals surface area (Å²) in [4.78, 5) is 17.1. The number of pyridine rings is 2. The maximum atomic E-state index is 12.8. The summed E-state index contributed by atoms with van der Waals surface area (Å²) in [5.74, 6) is 0. The number of hydrogen-bond acceptors (Lipinski definition) is 3. The number of aromatic nitrogens is 3. The second-order valence-electron chi connectivity index (χ2n) is 7.42. The van der Waals surface area contributed by atoms with Gasteiger partial charge in [0.15, 0.2) is 0 Å². The minimum absolute atomic E-state index is 0. The molecule has 1 aliphatic rings. The predicted molar refractivity (Wildman–Crippen MR) is 126 cm³/mol. The third-order valence-electron chi connectivity index (χ3n) is 5.70. The molecule has 0 amide bonds. The Hall–Kier alpha value is -2.60. The molecule has 30 heavy (non-hydrogen) atoms. The van der Waals surface area contributed by atoms with E-state index >= 15 is 0 Å². The quantitative estimate of drug-likeness (QED) is 0.506. The summed E-state index contributed by atoms with van der Waals surface area (Å²) in [6, 6.07) is 13.9. The predicted octanol–water partition coefficient (Wildman–Crippen LogP) is 4.19. The van der Waals surface area contributed by atoms with Gasteiger partial charge in [-0.25, -0.2) is 0 Å². The minimum atomic E-state index is -0.0435. The van der Waals surface area contributed by atoms with Crippen molar-refractivity contribution in [3.8, 4) is 16.8 Å². The van der Waals surface area contributed by atoms with Gasteiger partial charge in [-0.3, -0.25) is 14.3 Å². The molecule has 156 valence electrons. The lowest BCUT2D eigenvalue weighted by molar-refractivity contribution is 0.622. The van der Waals surface area contributed by atoms with Gasteiger partial charge in [0.1, 0.15) is 0 Å². The van der Waals surface area contributed by atoms with Crippen LogP contribution >= 0.6 is 24.8 Å². The zero-order valence-corrected chi connectivity index (χ0v) is 18.5. The van der Waals surface area contributed by atoms with Crippen molar-refractivity contribution in [2.45, 2.75) is 19.9 Å². The van der Waals surface area contributed by atoms with E-state index in [2.05, 4.69) is 34.0 Å². The Kier molecular flexibility index (Phi) is 6.36. The molecule has 0 bridgehead atoms. The lowest BCUT2D eigenvalue weighted by atomic mass is 10.1. The number of benzene rings is 1. The number of nitrogens with zero attached hydrogens (tertiary/aromatic N) is 3. The van der Waals surface area contributed by atoms with Gasteiger partial charge in [0.25, 0.3) is 5.56 Å². The number of aryl methyl sites for hydroxylation is 2. The Balaban J connectivity index is 0.00000128. The lowest BCUT2D eigenvalue weighted by Gasteiger charge is -2.14. The first-order chi connectivity index (χ1) is 13.6. The van der Waals surface area contributed by atoms with Crippen LogP contribution < -0.4 is 10.9 Å². The molecule has 7 heteroatoms. The highest BCUT2D eigenvalue weighted by molar-refractivity contribution is 5.87. The van der Waals surface area contributed by atoms with Crippen LogP contribution in [0.4, 0.5) is 0 Å². The van der Waals surface area contributed by atoms with Crippen molar-refractivity contribution >= 4 is 35.7 Å². The molecule has 0 radical (unpaired) electrons. The van der Waals surface area contributed by atoms with Gasteiger partial charge in [0.2, 0.25) is 0 Å². The molecule has 1 aliphatic heterocycles. The monoisotopic (exact) mass is 442 g/mol. The molecule has 0 fully saturated rings. The van der Waals surface area contributed by atoms with Crippen molar-refractivity contribution in [1.82, 2.24) is 19.4 Å². The van der Waals surface area contributed by atoms with E-state index in [1.807, 2.05) is 43.6 Å². The second kappa shape index (κ2) is 8.64. The lowest BCUT2D eigenvalue weighted by Crippen LogP contribution is -2.24. The van der Waals surface area contributed by atoms with E-state index < -0.39 is 0 Å². The Morgan fingerprint density at radius 1 is 1.03 bits per heavy atom. The molecule has 5 nitrogen and oxygen atoms in total. The minimum Gasteiger partial charge on any atom is -0.347 e. The Labute approximate surface area is 187 Å². The number of fused-ring (bicyclic) bond motifs is 3. The van der Waals surface area contributed by atoms with E-state index in [0.29, 0.717) is 0 Å². The van der Waals surface area contributed by atoms with Gasteiger partial charge in [-0.1, -0.05) is 12.1 Å². The summed E-state index contributed by atoms with van der Waals surface area (Å²) in [5, 5.41) is 4.72. The van der Waals surface area contributed by atoms with Crippen molar-refractivity contribution < 1.29 is 0 Å². The molecule has 0 saturated carbocycles. The van der Waals surface area contributed by atoms with Crippen molar-refractivity contribution in [3.63, 3.8) is 0 Å². The number of halogens is 2. The number of hydrogen-bond donors (Lipinski definition) is 1. The highest BCUT2D eigenvalue weighted by atomic mass is 35.5. The van der Waals surface area contributed by atoms with Crippen molar-refractivity contribution in [2.24, 2.45) is 7.05 Å². The van der Waals surface area contributed by atoms with Crippen LogP contribution in [0, 0.1) is 6.92 Å². The smallest absolute Gasteiger partial charge is 0.255 e. The van der Waals surface area contributed by atoms with Crippen LogP contribution in [0.3, 0.4) is 0 Å². The Morgan fingerprint density at radius 2 is 1.87 bits per heavy atom. The summed E-state index contributed by atoms with van der Waals surface area (Å²) >= 11 is 0. The topological polar surface area (TPSA) is 51.9 Å². The normalized spacial score (nSPS) is 12.7. The van der Waals surface area contributed by atoms with Gasteiger partial charge in [-0.05, 0) is 42.3 Å². The fourth-order valence-electron chi connectivity index (χ4n) is 4.15. The van der Waals surface area contributed by atoms with Crippen LogP contribution in [-0.2, 0) is 20.0 Å². The first-order valence-electron chi connectivity index (χ1n) is 9.59. The summed E-state index contributed by atoms with van der Waals surface area (Å²) < 4.78 is 3.97. The summed E-state index contributed by atoms with van der Waals surface area (Å²) in [7, 11) is 2.12. The molecule has 1 N–H and O–H groups in total. The van der Waals surface area contributed by atoms with Gasteiger partial charge >= 0.3 is 0 Å². The maximum Gasteiger partial charge on any atom is 0.255 e. The van der Waals surface area contributed by atoms with E-state index in [-0.39, 0.29) is 30.4 Å². The van der Waals surface area contributed by atoms with E-state index in [1.165, 1.54) is 22.2 Å². The molecule has 0 atom stereocenters. The summed E-state index contributed by atoms with van der Waals surface area (Å²) in [6.45, 7) is 3.87. The molecule has 4 heterocycles. The number of rotatable bonds is 2. The molecule has 0 aliphatic carbocycles. The van der Waals surface area contributed by atoms with E-state index in [9.17, 15) is 4.79 Å². The van der Waals surface area contributed by atoms with E-state index in [1.54, 1.807) is 10.6 Å². The first kappa shape index (κ1) is 22.1. The van der Waals surface area contributed by atoms with Gasteiger partial charge in [0.05, 0.1) is 11.2 Å². The maximum absolute atomic E-state index is 12.8. The van der Waals surface area contributed by atoms with E-state index in [4.69, 9.17) is 0 Å². The largest absolute Gasteiger partial charge is 0.347 e. The van der Waals surface area contributed by atoms with Crippen LogP contribution in [-0.4, -0.2) is 20.7 Å². The highest BCUT2D eigenvalue weighted by Crippen LogP contribution is 2.29. The zero-order valence-electron chi connectivity index (χ0n) is 16.9. The Bertz CT molecular complexity index is 1260. The average molecular weight is 443 g/mol.